The molecule has 0 radical (unpaired) electrons. The van der Waals surface area contributed by atoms with E-state index < -0.39 is 0 Å². The maximum atomic E-state index is 6.03. The van der Waals surface area contributed by atoms with Gasteiger partial charge in [0.1, 0.15) is 11.4 Å². The van der Waals surface area contributed by atoms with Crippen LogP contribution < -0.4 is 16.0 Å². The van der Waals surface area contributed by atoms with E-state index in [0.29, 0.717) is 5.92 Å². The highest BCUT2D eigenvalue weighted by molar-refractivity contribution is 5.75. The van der Waals surface area contributed by atoms with E-state index in [4.69, 9.17) is 11.5 Å². The molecule has 3 nitrogen and oxygen atoms in total. The first-order chi connectivity index (χ1) is 13.5. The molecule has 3 rings (SSSR count). The van der Waals surface area contributed by atoms with Gasteiger partial charge in [-0.1, -0.05) is 44.0 Å². The second kappa shape index (κ2) is 8.93. The lowest BCUT2D eigenvalue weighted by molar-refractivity contribution is 0.330. The number of fused-ring (bicyclic) bond motifs is 1. The molecule has 2 unspecified atom stereocenters. The van der Waals surface area contributed by atoms with Gasteiger partial charge in [-0.3, -0.25) is 4.48 Å². The number of benzene rings is 2. The largest absolute Gasteiger partial charge is 0.399 e. The van der Waals surface area contributed by atoms with E-state index in [-0.39, 0.29) is 0 Å². The molecule has 0 aliphatic carbocycles. The van der Waals surface area contributed by atoms with Crippen molar-refractivity contribution in [1.82, 2.24) is 4.48 Å². The quantitative estimate of drug-likeness (QED) is 0.329. The molecule has 0 aromatic heterocycles. The van der Waals surface area contributed by atoms with Crippen LogP contribution in [0.25, 0.3) is 11.1 Å². The van der Waals surface area contributed by atoms with Gasteiger partial charge < -0.3 is 11.5 Å². The summed E-state index contributed by atoms with van der Waals surface area (Å²) in [6, 6.07) is 15.1. The fourth-order valence-electron chi connectivity index (χ4n) is 4.69. The van der Waals surface area contributed by atoms with Crippen molar-refractivity contribution in [2.45, 2.75) is 51.9 Å². The van der Waals surface area contributed by atoms with Crippen molar-refractivity contribution in [2.24, 2.45) is 5.73 Å². The van der Waals surface area contributed by atoms with Crippen molar-refractivity contribution in [1.29, 1.82) is 0 Å². The van der Waals surface area contributed by atoms with E-state index in [1.807, 2.05) is 12.1 Å². The second-order valence-electron chi connectivity index (χ2n) is 8.23. The molecule has 2 aromatic rings. The Labute approximate surface area is 170 Å². The molecule has 0 spiro atoms. The zero-order valence-corrected chi connectivity index (χ0v) is 17.6. The van der Waals surface area contributed by atoms with Crippen molar-refractivity contribution in [3.8, 4) is 11.1 Å². The number of anilines is 1. The fourth-order valence-corrected chi connectivity index (χ4v) is 4.69. The van der Waals surface area contributed by atoms with Crippen LogP contribution in [0.3, 0.4) is 0 Å². The summed E-state index contributed by atoms with van der Waals surface area (Å²) in [5.74, 6) is 0.383. The van der Waals surface area contributed by atoms with Crippen molar-refractivity contribution in [2.75, 3.05) is 25.4 Å². The van der Waals surface area contributed by atoms with E-state index in [1.165, 1.54) is 53.8 Å². The van der Waals surface area contributed by atoms with Crippen LogP contribution in [-0.4, -0.2) is 19.6 Å². The highest BCUT2D eigenvalue weighted by Crippen LogP contribution is 2.50. The van der Waals surface area contributed by atoms with Gasteiger partial charge in [0.2, 0.25) is 0 Å². The van der Waals surface area contributed by atoms with Crippen molar-refractivity contribution in [3.05, 3.63) is 60.3 Å². The summed E-state index contributed by atoms with van der Waals surface area (Å²) in [5.41, 5.74) is 19.3. The second-order valence-corrected chi connectivity index (χ2v) is 8.23. The van der Waals surface area contributed by atoms with E-state index >= 15 is 0 Å². The number of unbranched alkanes of at least 4 members (excludes halogenated alkanes) is 3. The Balaban J connectivity index is 2.03. The minimum atomic E-state index is 0.383. The van der Waals surface area contributed by atoms with E-state index in [9.17, 15) is 0 Å². The molecule has 1 heterocycles. The fraction of sp³-hybridized carbons (Fsp3) is 0.440. The van der Waals surface area contributed by atoms with Gasteiger partial charge in [-0.05, 0) is 56.1 Å². The normalized spacial score (nSPS) is 21.1. The first-order valence-electron chi connectivity index (χ1n) is 10.8. The molecule has 2 aromatic carbocycles. The predicted molar refractivity (Wildman–Crippen MR) is 123 cm³/mol. The molecule has 0 bridgehead atoms. The molecule has 1 aliphatic heterocycles. The minimum absolute atomic E-state index is 0.383. The minimum Gasteiger partial charge on any atom is -0.399 e. The first-order valence-corrected chi connectivity index (χ1v) is 10.8. The zero-order chi connectivity index (χ0) is 20.1. The Morgan fingerprint density at radius 3 is 2.43 bits per heavy atom. The van der Waals surface area contributed by atoms with E-state index in [0.717, 1.165) is 36.2 Å². The lowest BCUT2D eigenvalue weighted by Crippen LogP contribution is -2.48. The molecule has 2 atom stereocenters. The van der Waals surface area contributed by atoms with E-state index in [1.54, 1.807) is 0 Å². The molecule has 0 saturated heterocycles. The van der Waals surface area contributed by atoms with Crippen LogP contribution in [0.1, 0.15) is 57.4 Å². The van der Waals surface area contributed by atoms with Crippen molar-refractivity contribution >= 4 is 11.4 Å². The summed E-state index contributed by atoms with van der Waals surface area (Å²) >= 11 is 0. The van der Waals surface area contributed by atoms with Gasteiger partial charge in [0.25, 0.3) is 0 Å². The lowest BCUT2D eigenvalue weighted by Gasteiger charge is -2.36. The van der Waals surface area contributed by atoms with Crippen LogP contribution in [0.2, 0.25) is 0 Å². The summed E-state index contributed by atoms with van der Waals surface area (Å²) in [4.78, 5) is 0. The number of allylic oxidation sites excluding steroid dienone is 1. The zero-order valence-electron chi connectivity index (χ0n) is 17.6. The summed E-state index contributed by atoms with van der Waals surface area (Å²) in [6.45, 7) is 12.0. The number of hydrogen-bond donors (Lipinski definition) is 2. The SMILES string of the molecule is C=C1C(C)c2ccc(-c3cccc(N)c3)cc2[N+]1(CCCN)CCCCCC. The smallest absolute Gasteiger partial charge is 0.142 e. The third kappa shape index (κ3) is 3.87. The Hall–Kier alpha value is -2.10. The van der Waals surface area contributed by atoms with Gasteiger partial charge >= 0.3 is 0 Å². The molecule has 1 aliphatic rings. The van der Waals surface area contributed by atoms with Crippen LogP contribution in [0.15, 0.2) is 54.7 Å². The van der Waals surface area contributed by atoms with Gasteiger partial charge in [-0.15, -0.1) is 0 Å². The standard InChI is InChI=1S/C25H36N3/c1-4-5-6-7-15-28(16-9-14-26)20(3)19(2)24-13-12-22(18-25(24)28)21-10-8-11-23(27)17-21/h8,10-13,17-19H,3-7,9,14-16,26-27H2,1-2H3/q+1. The third-order valence-corrected chi connectivity index (χ3v) is 6.37. The molecule has 3 heteroatoms. The maximum Gasteiger partial charge on any atom is 0.142 e. The van der Waals surface area contributed by atoms with Gasteiger partial charge in [-0.2, -0.15) is 0 Å². The monoisotopic (exact) mass is 378 g/mol. The molecule has 4 N–H and O–H groups in total. The number of hydrogen-bond acceptors (Lipinski definition) is 2. The van der Waals surface area contributed by atoms with Crippen LogP contribution >= 0.6 is 0 Å². The van der Waals surface area contributed by atoms with Crippen LogP contribution in [0, 0.1) is 0 Å². The van der Waals surface area contributed by atoms with Crippen molar-refractivity contribution in [3.63, 3.8) is 0 Å². The number of quaternary nitrogens is 1. The first kappa shape index (κ1) is 20.6. The highest BCUT2D eigenvalue weighted by Gasteiger charge is 2.45. The molecular weight excluding hydrogens is 342 g/mol. The van der Waals surface area contributed by atoms with Gasteiger partial charge in [0.15, 0.2) is 0 Å². The Morgan fingerprint density at radius 2 is 1.71 bits per heavy atom. The van der Waals surface area contributed by atoms with Gasteiger partial charge in [-0.25, -0.2) is 0 Å². The molecule has 0 saturated carbocycles. The number of nitrogens with two attached hydrogens (primary N) is 2. The Kier molecular flexibility index (Phi) is 6.58. The number of rotatable bonds is 9. The Bertz CT molecular complexity index is 826. The molecule has 0 fully saturated rings. The van der Waals surface area contributed by atoms with Crippen molar-refractivity contribution < 1.29 is 0 Å². The molecular formula is C25H36N3+. The Morgan fingerprint density at radius 1 is 0.964 bits per heavy atom. The molecule has 0 amide bonds. The lowest BCUT2D eigenvalue weighted by atomic mass is 9.97. The van der Waals surface area contributed by atoms with Crippen LogP contribution in [0.5, 0.6) is 0 Å². The summed E-state index contributed by atoms with van der Waals surface area (Å²) < 4.78 is 0.896. The maximum absolute atomic E-state index is 6.03. The average molecular weight is 379 g/mol. The molecule has 150 valence electrons. The topological polar surface area (TPSA) is 52.0 Å². The number of nitrogens with zero attached hydrogens (tertiary/aromatic N) is 1. The number of nitrogen functional groups attached to an aromatic ring is 1. The predicted octanol–water partition coefficient (Wildman–Crippen LogP) is 5.80. The summed E-state index contributed by atoms with van der Waals surface area (Å²) in [7, 11) is 0. The summed E-state index contributed by atoms with van der Waals surface area (Å²) in [5, 5.41) is 0. The highest BCUT2D eigenvalue weighted by atomic mass is 15.4. The molecule has 28 heavy (non-hydrogen) atoms. The average Bonchev–Trinajstić information content (AvgIpc) is 2.91. The van der Waals surface area contributed by atoms with Crippen LogP contribution in [0.4, 0.5) is 11.4 Å². The van der Waals surface area contributed by atoms with Gasteiger partial charge in [0, 0.05) is 23.7 Å². The van der Waals surface area contributed by atoms with E-state index in [2.05, 4.69) is 50.8 Å². The van der Waals surface area contributed by atoms with Crippen LogP contribution in [-0.2, 0) is 0 Å². The summed E-state index contributed by atoms with van der Waals surface area (Å²) in [6.07, 6.45) is 6.09. The van der Waals surface area contributed by atoms with Gasteiger partial charge in [0.05, 0.1) is 19.0 Å². The third-order valence-electron chi connectivity index (χ3n) is 6.37.